The molecule has 0 aliphatic heterocycles. The van der Waals surface area contributed by atoms with Gasteiger partial charge in [-0.3, -0.25) is 4.99 Å². The van der Waals surface area contributed by atoms with Crippen molar-refractivity contribution >= 4 is 17.1 Å². The molecule has 0 aliphatic carbocycles. The third-order valence-electron chi connectivity index (χ3n) is 4.78. The summed E-state index contributed by atoms with van der Waals surface area (Å²) in [6.07, 6.45) is 2.08. The van der Waals surface area contributed by atoms with Gasteiger partial charge in [-0.1, -0.05) is 88.2 Å². The zero-order valence-electron chi connectivity index (χ0n) is 18.1. The average molecular weight is 362 g/mol. The smallest absolute Gasteiger partial charge is 0.0701 e. The number of allylic oxidation sites excluding steroid dienone is 2. The van der Waals surface area contributed by atoms with E-state index >= 15 is 0 Å². The van der Waals surface area contributed by atoms with Crippen molar-refractivity contribution in [1.29, 1.82) is 0 Å². The molecule has 27 heavy (non-hydrogen) atoms. The van der Waals surface area contributed by atoms with Gasteiger partial charge in [0.1, 0.15) is 0 Å². The van der Waals surface area contributed by atoms with Gasteiger partial charge >= 0.3 is 0 Å². The van der Waals surface area contributed by atoms with Crippen LogP contribution < -0.4 is 0 Å². The molecule has 2 heteroatoms. The maximum absolute atomic E-state index is 5.01. The van der Waals surface area contributed by atoms with Crippen LogP contribution >= 0.6 is 0 Å². The van der Waals surface area contributed by atoms with Crippen LogP contribution in [0.25, 0.3) is 5.32 Å². The lowest BCUT2D eigenvalue weighted by Crippen LogP contribution is -1.97. The lowest BCUT2D eigenvalue weighted by Gasteiger charge is -2.27. The van der Waals surface area contributed by atoms with Crippen LogP contribution in [0.2, 0.25) is 0 Å². The zero-order valence-corrected chi connectivity index (χ0v) is 18.1. The van der Waals surface area contributed by atoms with Gasteiger partial charge in [-0.05, 0) is 43.7 Å². The molecule has 0 aliphatic rings. The number of para-hydroxylation sites is 2. The fourth-order valence-electron chi connectivity index (χ4n) is 3.34. The van der Waals surface area contributed by atoms with E-state index in [-0.39, 0.29) is 0 Å². The van der Waals surface area contributed by atoms with Gasteiger partial charge in [-0.15, -0.1) is 5.69 Å². The minimum atomic E-state index is 0.444. The summed E-state index contributed by atoms with van der Waals surface area (Å²) in [6.45, 7) is 17.2. The standard InChI is InChI=1S/C25H33N2/c1-16(2)22-13-10-14-23(17(3)4)25(22)27-21(8)15-20(7)26-24-18(5)11-9-12-19(24)6/h9-17H,1-8H3/q-1/b20-15+,27-21?. The van der Waals surface area contributed by atoms with E-state index in [0.717, 1.165) is 22.8 Å². The van der Waals surface area contributed by atoms with Crippen molar-refractivity contribution in [2.75, 3.05) is 0 Å². The summed E-state index contributed by atoms with van der Waals surface area (Å²) in [7, 11) is 0. The second kappa shape index (κ2) is 9.03. The van der Waals surface area contributed by atoms with Crippen LogP contribution in [0, 0.1) is 13.8 Å². The summed E-state index contributed by atoms with van der Waals surface area (Å²) >= 11 is 0. The van der Waals surface area contributed by atoms with Crippen molar-refractivity contribution in [3.8, 4) is 0 Å². The van der Waals surface area contributed by atoms with E-state index in [1.807, 2.05) is 6.92 Å². The monoisotopic (exact) mass is 361 g/mol. The van der Waals surface area contributed by atoms with Crippen molar-refractivity contribution in [2.24, 2.45) is 4.99 Å². The molecule has 2 nitrogen and oxygen atoms in total. The zero-order chi connectivity index (χ0) is 20.1. The van der Waals surface area contributed by atoms with E-state index in [1.54, 1.807) is 0 Å². The largest absolute Gasteiger partial charge is 0.661 e. The summed E-state index contributed by atoms with van der Waals surface area (Å²) in [4.78, 5) is 5.01. The minimum Gasteiger partial charge on any atom is -0.661 e. The molecule has 144 valence electrons. The third-order valence-corrected chi connectivity index (χ3v) is 4.78. The highest BCUT2D eigenvalue weighted by molar-refractivity contribution is 5.96. The lowest BCUT2D eigenvalue weighted by atomic mass is 9.93. The maximum Gasteiger partial charge on any atom is 0.0701 e. The molecule has 0 unspecified atom stereocenters. The van der Waals surface area contributed by atoms with Gasteiger partial charge in [-0.25, -0.2) is 0 Å². The second-order valence-electron chi connectivity index (χ2n) is 7.99. The van der Waals surface area contributed by atoms with Crippen molar-refractivity contribution in [2.45, 2.75) is 67.2 Å². The molecule has 0 fully saturated rings. The number of aliphatic imine (C=N–C) groups is 1. The first-order chi connectivity index (χ1) is 12.7. The molecule has 0 heterocycles. The van der Waals surface area contributed by atoms with E-state index in [9.17, 15) is 0 Å². The number of hydrogen-bond acceptors (Lipinski definition) is 1. The first kappa shape index (κ1) is 21.0. The molecule has 0 saturated heterocycles. The SMILES string of the molecule is CC(/C=C(\C)[N-]c1c(C)cccc1C)=Nc1c(C(C)C)cccc1C(C)C. The van der Waals surface area contributed by atoms with Crippen LogP contribution in [0.1, 0.15) is 75.6 Å². The van der Waals surface area contributed by atoms with Gasteiger partial charge in [0.2, 0.25) is 0 Å². The average Bonchev–Trinajstić information content (AvgIpc) is 2.57. The van der Waals surface area contributed by atoms with Gasteiger partial charge in [0, 0.05) is 5.71 Å². The Morgan fingerprint density at radius 1 is 0.852 bits per heavy atom. The van der Waals surface area contributed by atoms with Crippen LogP contribution in [0.5, 0.6) is 0 Å². The highest BCUT2D eigenvalue weighted by Crippen LogP contribution is 2.35. The van der Waals surface area contributed by atoms with Crippen LogP contribution in [0.15, 0.2) is 53.2 Å². The van der Waals surface area contributed by atoms with E-state index in [1.165, 1.54) is 22.3 Å². The van der Waals surface area contributed by atoms with Gasteiger partial charge in [0.25, 0.3) is 0 Å². The van der Waals surface area contributed by atoms with Crippen LogP contribution in [-0.4, -0.2) is 5.71 Å². The molecule has 2 aromatic rings. The fraction of sp³-hybridized carbons (Fsp3) is 0.400. The molecule has 0 bridgehead atoms. The van der Waals surface area contributed by atoms with Crippen molar-refractivity contribution < 1.29 is 0 Å². The van der Waals surface area contributed by atoms with Crippen molar-refractivity contribution in [1.82, 2.24) is 0 Å². The Hall–Kier alpha value is -2.35. The maximum atomic E-state index is 5.01. The molecular weight excluding hydrogens is 328 g/mol. The summed E-state index contributed by atoms with van der Waals surface area (Å²) < 4.78 is 0. The molecule has 0 amide bonds. The predicted molar refractivity (Wildman–Crippen MR) is 120 cm³/mol. The van der Waals surface area contributed by atoms with Gasteiger partial charge in [0.15, 0.2) is 0 Å². The summed E-state index contributed by atoms with van der Waals surface area (Å²) in [5.74, 6) is 0.888. The van der Waals surface area contributed by atoms with E-state index in [4.69, 9.17) is 10.3 Å². The number of aryl methyl sites for hydroxylation is 2. The topological polar surface area (TPSA) is 26.5 Å². The quantitative estimate of drug-likeness (QED) is 0.463. The fourth-order valence-corrected chi connectivity index (χ4v) is 3.34. The molecule has 0 atom stereocenters. The molecule has 0 spiro atoms. The van der Waals surface area contributed by atoms with E-state index < -0.39 is 0 Å². The lowest BCUT2D eigenvalue weighted by molar-refractivity contribution is 0.834. The molecule has 0 radical (unpaired) electrons. The Kier molecular flexibility index (Phi) is 7.01. The van der Waals surface area contributed by atoms with Crippen molar-refractivity contribution in [3.05, 3.63) is 75.7 Å². The Balaban J connectivity index is 2.38. The highest BCUT2D eigenvalue weighted by atomic mass is 14.9. The Morgan fingerprint density at radius 3 is 1.81 bits per heavy atom. The molecule has 0 N–H and O–H groups in total. The van der Waals surface area contributed by atoms with Crippen LogP contribution in [0.4, 0.5) is 11.4 Å². The van der Waals surface area contributed by atoms with E-state index in [2.05, 4.69) is 90.9 Å². The molecule has 2 rings (SSSR count). The molecule has 0 saturated carbocycles. The van der Waals surface area contributed by atoms with Gasteiger partial charge < -0.3 is 5.32 Å². The summed E-state index contributed by atoms with van der Waals surface area (Å²) in [5, 5.41) is 4.84. The molecule has 2 aromatic carbocycles. The number of rotatable bonds is 6. The van der Waals surface area contributed by atoms with Crippen LogP contribution in [-0.2, 0) is 0 Å². The van der Waals surface area contributed by atoms with E-state index in [0.29, 0.717) is 11.8 Å². The Labute approximate surface area is 165 Å². The predicted octanol–water partition coefficient (Wildman–Crippen LogP) is 8.25. The van der Waals surface area contributed by atoms with Crippen LogP contribution in [0.3, 0.4) is 0 Å². The van der Waals surface area contributed by atoms with Gasteiger partial charge in [-0.2, -0.15) is 5.70 Å². The summed E-state index contributed by atoms with van der Waals surface area (Å²) in [6, 6.07) is 12.8. The number of hydrogen-bond donors (Lipinski definition) is 0. The highest BCUT2D eigenvalue weighted by Gasteiger charge is 2.12. The summed E-state index contributed by atoms with van der Waals surface area (Å²) in [5.41, 5.74) is 9.14. The minimum absolute atomic E-state index is 0.444. The third kappa shape index (κ3) is 5.32. The normalized spacial score (nSPS) is 12.8. The number of nitrogens with zero attached hydrogens (tertiary/aromatic N) is 2. The molecule has 0 aromatic heterocycles. The first-order valence-corrected chi connectivity index (χ1v) is 9.85. The Bertz CT molecular complexity index is 808. The first-order valence-electron chi connectivity index (χ1n) is 9.85. The second-order valence-corrected chi connectivity index (χ2v) is 7.99. The van der Waals surface area contributed by atoms with Gasteiger partial charge in [0.05, 0.1) is 5.69 Å². The number of benzene rings is 2. The Morgan fingerprint density at radius 2 is 1.33 bits per heavy atom. The molecular formula is C25H33N2-. The van der Waals surface area contributed by atoms with Crippen molar-refractivity contribution in [3.63, 3.8) is 0 Å².